The Balaban J connectivity index is 1.93. The molecule has 37 heavy (non-hydrogen) atoms. The summed E-state index contributed by atoms with van der Waals surface area (Å²) in [6.45, 7) is 2.27. The molecule has 0 fully saturated rings. The van der Waals surface area contributed by atoms with E-state index in [1.807, 2.05) is 0 Å². The highest BCUT2D eigenvalue weighted by Crippen LogP contribution is 2.42. The summed E-state index contributed by atoms with van der Waals surface area (Å²) in [5.74, 6) is 2.92. The van der Waals surface area contributed by atoms with Crippen molar-refractivity contribution < 1.29 is 40.5 Å². The van der Waals surface area contributed by atoms with Gasteiger partial charge in [-0.2, -0.15) is 31.1 Å². The van der Waals surface area contributed by atoms with Crippen molar-refractivity contribution in [2.24, 2.45) is 0 Å². The Kier molecular flexibility index (Phi) is 6.39. The maximum Gasteiger partial charge on any atom is 0.416 e. The molecular formula is C24H19F6N3O3S. The Morgan fingerprint density at radius 1 is 1.03 bits per heavy atom. The number of aryl methyl sites for hydroxylation is 1. The van der Waals surface area contributed by atoms with Crippen molar-refractivity contribution in [2.75, 3.05) is 0 Å². The van der Waals surface area contributed by atoms with Crippen molar-refractivity contribution in [2.45, 2.75) is 36.3 Å². The molecule has 1 aromatic carbocycles. The van der Waals surface area contributed by atoms with Crippen LogP contribution in [0.15, 0.2) is 59.8 Å². The summed E-state index contributed by atoms with van der Waals surface area (Å²) in [6.07, 6.45) is -7.19. The van der Waals surface area contributed by atoms with E-state index in [1.165, 1.54) is 31.3 Å². The van der Waals surface area contributed by atoms with E-state index in [9.17, 15) is 35.8 Å². The molecule has 6 nitrogen and oxygen atoms in total. The number of benzene rings is 1. The molecule has 2 aromatic rings. The summed E-state index contributed by atoms with van der Waals surface area (Å²) in [4.78, 5) is 7.76. The fourth-order valence-corrected chi connectivity index (χ4v) is 5.00. The quantitative estimate of drug-likeness (QED) is 0.178. The Labute approximate surface area is 207 Å². The number of aromatic nitrogens is 3. The molecule has 0 radical (unpaired) electrons. The highest BCUT2D eigenvalue weighted by Gasteiger charge is 2.42. The molecule has 0 amide bonds. The topological polar surface area (TPSA) is 77.2 Å². The van der Waals surface area contributed by atoms with Crippen LogP contribution in [-0.2, 0) is 15.7 Å². The van der Waals surface area contributed by atoms with Crippen LogP contribution in [0.1, 0.15) is 18.2 Å². The monoisotopic (exact) mass is 543 g/mol. The van der Waals surface area contributed by atoms with Crippen molar-refractivity contribution >= 4 is 15.4 Å². The first kappa shape index (κ1) is 26.3. The van der Waals surface area contributed by atoms with E-state index in [0.29, 0.717) is 5.56 Å². The first-order valence-electron chi connectivity index (χ1n) is 10.6. The number of halogens is 6. The van der Waals surface area contributed by atoms with Gasteiger partial charge in [0.1, 0.15) is 11.0 Å². The third kappa shape index (κ3) is 4.95. The number of pyridine rings is 2. The largest absolute Gasteiger partial charge is 0.438 e. The second-order valence-electron chi connectivity index (χ2n) is 8.25. The molecule has 1 N–H and O–H groups in total. The molecule has 1 aromatic heterocycles. The van der Waals surface area contributed by atoms with Gasteiger partial charge in [0.25, 0.3) is 0 Å². The molecule has 13 heteroatoms. The van der Waals surface area contributed by atoms with Crippen LogP contribution in [0.2, 0.25) is 0 Å². The summed E-state index contributed by atoms with van der Waals surface area (Å²) >= 11 is 0. The minimum absolute atomic E-state index is 0.0161. The molecule has 0 saturated heterocycles. The number of alkyl halides is 6. The van der Waals surface area contributed by atoms with Gasteiger partial charge in [0, 0.05) is 38.6 Å². The molecule has 0 bridgehead atoms. The highest BCUT2D eigenvalue weighted by atomic mass is 32.2. The molecule has 0 aliphatic carbocycles. The molecular weight excluding hydrogens is 524 g/mol. The molecule has 2 aliphatic rings. The van der Waals surface area contributed by atoms with Crippen molar-refractivity contribution in [1.29, 1.82) is 0 Å². The van der Waals surface area contributed by atoms with Crippen molar-refractivity contribution in [3.63, 3.8) is 0 Å². The standard InChI is InChI=1S/C24H19F6N3O3S/c1-13-9-19(18-7-8-31-21(18)33(13)34)20-11-17(37(3,35)14(2)23(25,26)27)12-32-22(20)36-16-6-4-5-15(10-16)24(28,29)30/h4-12,14,34H,3H2,1-2H3. The van der Waals surface area contributed by atoms with Gasteiger partial charge in [-0.05, 0) is 56.1 Å². The Morgan fingerprint density at radius 2 is 1.73 bits per heavy atom. The molecule has 196 valence electrons. The number of nitrogens with zero attached hydrogens (tertiary/aromatic N) is 3. The second-order valence-corrected chi connectivity index (χ2v) is 10.9. The van der Waals surface area contributed by atoms with Gasteiger partial charge in [-0.1, -0.05) is 6.07 Å². The summed E-state index contributed by atoms with van der Waals surface area (Å²) in [7, 11) is -3.96. The zero-order valence-electron chi connectivity index (χ0n) is 19.3. The second kappa shape index (κ2) is 8.98. The van der Waals surface area contributed by atoms with Gasteiger partial charge in [-0.3, -0.25) is 4.21 Å². The van der Waals surface area contributed by atoms with Crippen LogP contribution in [-0.4, -0.2) is 41.4 Å². The maximum absolute atomic E-state index is 13.4. The SMILES string of the molecule is C=S(=O)(c1cnc(Oc2cccc(C(F)(F)F)c2)c(-c2cc(C)n(O)c3nccc2-3)c1)C(C)C(F)(F)F. The predicted molar refractivity (Wildman–Crippen MR) is 125 cm³/mol. The third-order valence-corrected chi connectivity index (χ3v) is 8.21. The van der Waals surface area contributed by atoms with Crippen molar-refractivity contribution in [3.8, 4) is 34.1 Å². The fourth-order valence-electron chi connectivity index (χ4n) is 3.61. The normalized spacial score (nSPS) is 14.9. The average molecular weight is 543 g/mol. The zero-order valence-corrected chi connectivity index (χ0v) is 20.1. The lowest BCUT2D eigenvalue weighted by Gasteiger charge is -2.22. The van der Waals surface area contributed by atoms with E-state index in [2.05, 4.69) is 15.8 Å². The van der Waals surface area contributed by atoms with Crippen LogP contribution in [0, 0.1) is 6.92 Å². The van der Waals surface area contributed by atoms with Gasteiger partial charge in [-0.25, -0.2) is 9.97 Å². The van der Waals surface area contributed by atoms with Crippen molar-refractivity contribution in [1.82, 2.24) is 14.7 Å². The molecule has 0 saturated carbocycles. The van der Waals surface area contributed by atoms with Gasteiger partial charge in [-0.15, -0.1) is 0 Å². The smallest absolute Gasteiger partial charge is 0.416 e. The van der Waals surface area contributed by atoms with Crippen LogP contribution in [0.25, 0.3) is 22.5 Å². The highest BCUT2D eigenvalue weighted by molar-refractivity contribution is 8.01. The number of fused-ring (bicyclic) bond motifs is 1. The lowest BCUT2D eigenvalue weighted by molar-refractivity contribution is -0.137. The van der Waals surface area contributed by atoms with Gasteiger partial charge in [0.2, 0.25) is 5.88 Å². The Hall–Kier alpha value is -3.74. The summed E-state index contributed by atoms with van der Waals surface area (Å²) < 4.78 is 99.5. The molecule has 4 rings (SSSR count). The Bertz CT molecular complexity index is 1540. The fraction of sp³-hybridized carbons (Fsp3) is 0.208. The molecule has 2 unspecified atom stereocenters. The van der Waals surface area contributed by atoms with Gasteiger partial charge < -0.3 is 9.94 Å². The van der Waals surface area contributed by atoms with Gasteiger partial charge in [0.05, 0.1) is 16.2 Å². The summed E-state index contributed by atoms with van der Waals surface area (Å²) in [5, 5.41) is 7.98. The van der Waals surface area contributed by atoms with Gasteiger partial charge >= 0.3 is 12.4 Å². The average Bonchev–Trinajstić information content (AvgIpc) is 3.30. The summed E-state index contributed by atoms with van der Waals surface area (Å²) in [5.41, 5.74) is -0.0812. The van der Waals surface area contributed by atoms with E-state index < -0.39 is 32.7 Å². The third-order valence-electron chi connectivity index (χ3n) is 5.78. The van der Waals surface area contributed by atoms with E-state index in [4.69, 9.17) is 4.74 Å². The lowest BCUT2D eigenvalue weighted by Crippen LogP contribution is -2.33. The first-order valence-corrected chi connectivity index (χ1v) is 12.3. The summed E-state index contributed by atoms with van der Waals surface area (Å²) in [6, 6.07) is 8.09. The van der Waals surface area contributed by atoms with E-state index in [1.54, 1.807) is 0 Å². The van der Waals surface area contributed by atoms with Crippen LogP contribution < -0.4 is 4.74 Å². The molecule has 0 spiro atoms. The van der Waals surface area contributed by atoms with Gasteiger partial charge in [0.15, 0.2) is 5.82 Å². The van der Waals surface area contributed by atoms with E-state index in [-0.39, 0.29) is 39.2 Å². The number of rotatable bonds is 5. The minimum Gasteiger partial charge on any atom is -0.438 e. The zero-order chi connectivity index (χ0) is 27.3. The predicted octanol–water partition coefficient (Wildman–Crippen LogP) is 6.43. The maximum atomic E-state index is 13.4. The first-order chi connectivity index (χ1) is 17.1. The molecule has 2 aliphatic heterocycles. The lowest BCUT2D eigenvalue weighted by atomic mass is 10.0. The number of hydrogen-bond donors (Lipinski definition) is 1. The van der Waals surface area contributed by atoms with Crippen LogP contribution in [0.5, 0.6) is 11.6 Å². The molecule has 3 heterocycles. The minimum atomic E-state index is -4.82. The number of ether oxygens (including phenoxy) is 1. The molecule has 2 atom stereocenters. The van der Waals surface area contributed by atoms with Crippen molar-refractivity contribution in [3.05, 3.63) is 66.1 Å². The Morgan fingerprint density at radius 3 is 2.38 bits per heavy atom. The van der Waals surface area contributed by atoms with Crippen LogP contribution >= 0.6 is 0 Å². The van der Waals surface area contributed by atoms with Crippen LogP contribution in [0.3, 0.4) is 0 Å². The van der Waals surface area contributed by atoms with Crippen LogP contribution in [0.4, 0.5) is 26.3 Å². The van der Waals surface area contributed by atoms with E-state index in [0.717, 1.165) is 42.1 Å². The number of hydrogen-bond acceptors (Lipinski definition) is 5. The van der Waals surface area contributed by atoms with E-state index >= 15 is 0 Å².